The first kappa shape index (κ1) is 22.8. The monoisotopic (exact) mass is 481 g/mol. The maximum absolute atomic E-state index is 13.2. The second-order valence-corrected chi connectivity index (χ2v) is 8.35. The predicted octanol–water partition coefficient (Wildman–Crippen LogP) is 3.66. The second kappa shape index (κ2) is 9.32. The number of nitrogens with zero attached hydrogens (tertiary/aromatic N) is 6. The number of rotatable bonds is 5. The molecule has 4 aromatic rings. The van der Waals surface area contributed by atoms with Gasteiger partial charge in [0.15, 0.2) is 5.65 Å². The summed E-state index contributed by atoms with van der Waals surface area (Å²) in [7, 11) is 0. The number of pyridine rings is 1. The van der Waals surface area contributed by atoms with Gasteiger partial charge in [-0.1, -0.05) is 36.4 Å². The fourth-order valence-corrected chi connectivity index (χ4v) is 4.28. The van der Waals surface area contributed by atoms with E-state index in [1.54, 1.807) is 12.3 Å². The molecule has 11 heteroatoms. The summed E-state index contributed by atoms with van der Waals surface area (Å²) in [5, 5.41) is 14.0. The molecule has 0 radical (unpaired) electrons. The van der Waals surface area contributed by atoms with E-state index in [1.165, 1.54) is 6.07 Å². The van der Waals surface area contributed by atoms with Crippen LogP contribution in [-0.4, -0.2) is 43.8 Å². The van der Waals surface area contributed by atoms with E-state index in [1.807, 2.05) is 53.4 Å². The molecule has 0 bridgehead atoms. The van der Waals surface area contributed by atoms with Crippen LogP contribution in [0.2, 0.25) is 0 Å². The number of benzene rings is 1. The van der Waals surface area contributed by atoms with Crippen molar-refractivity contribution in [2.75, 3.05) is 18.0 Å². The number of fused-ring (bicyclic) bond motifs is 1. The van der Waals surface area contributed by atoms with E-state index in [-0.39, 0.29) is 23.5 Å². The molecule has 1 saturated heterocycles. The van der Waals surface area contributed by atoms with Crippen LogP contribution >= 0.6 is 0 Å². The molecule has 4 heterocycles. The van der Waals surface area contributed by atoms with E-state index in [0.717, 1.165) is 11.3 Å². The number of nitrogens with one attached hydrogen (secondary N) is 1. The van der Waals surface area contributed by atoms with E-state index in [0.29, 0.717) is 36.3 Å². The summed E-state index contributed by atoms with van der Waals surface area (Å²) in [6.07, 6.45) is -1.87. The maximum Gasteiger partial charge on any atom is 0.453 e. The molecular weight excluding hydrogens is 459 g/mol. The van der Waals surface area contributed by atoms with Crippen molar-refractivity contribution < 1.29 is 18.0 Å². The smallest absolute Gasteiger partial charge is 0.355 e. The molecule has 1 N–H and O–H groups in total. The lowest BCUT2D eigenvalue weighted by atomic mass is 9.94. The van der Waals surface area contributed by atoms with Gasteiger partial charge in [-0.25, -0.2) is 0 Å². The minimum Gasteiger partial charge on any atom is -0.355 e. The van der Waals surface area contributed by atoms with Crippen LogP contribution in [-0.2, 0) is 11.0 Å². The average Bonchev–Trinajstić information content (AvgIpc) is 3.32. The molecule has 1 fully saturated rings. The number of hydrogen-bond acceptors (Lipinski definition) is 6. The minimum atomic E-state index is -4.65. The van der Waals surface area contributed by atoms with Crippen LogP contribution < -0.4 is 10.2 Å². The SMILES string of the molecule is O=C(NC(c1ccccc1)c1ccccn1)C1CCN(c2ccc3nnc(C(F)(F)F)n3n2)CC1. The van der Waals surface area contributed by atoms with Gasteiger partial charge in [-0.05, 0) is 42.7 Å². The fraction of sp³-hybridized carbons (Fsp3) is 0.292. The lowest BCUT2D eigenvalue weighted by molar-refractivity contribution is -0.146. The molecule has 0 spiro atoms. The average molecular weight is 481 g/mol. The quantitative estimate of drug-likeness (QED) is 0.468. The Hall–Kier alpha value is -4.02. The maximum atomic E-state index is 13.2. The summed E-state index contributed by atoms with van der Waals surface area (Å²) in [5.41, 5.74) is 1.71. The van der Waals surface area contributed by atoms with Gasteiger partial charge in [-0.3, -0.25) is 9.78 Å². The van der Waals surface area contributed by atoms with Crippen LogP contribution in [0, 0.1) is 5.92 Å². The van der Waals surface area contributed by atoms with E-state index in [4.69, 9.17) is 0 Å². The van der Waals surface area contributed by atoms with Crippen molar-refractivity contribution in [2.45, 2.75) is 25.1 Å². The minimum absolute atomic E-state index is 0.0248. The van der Waals surface area contributed by atoms with Gasteiger partial charge >= 0.3 is 6.18 Å². The van der Waals surface area contributed by atoms with Crippen molar-refractivity contribution in [3.63, 3.8) is 0 Å². The van der Waals surface area contributed by atoms with Gasteiger partial charge < -0.3 is 10.2 Å². The number of piperidine rings is 1. The van der Waals surface area contributed by atoms with Crippen LogP contribution in [0.25, 0.3) is 5.65 Å². The lowest BCUT2D eigenvalue weighted by Crippen LogP contribution is -2.42. The number of anilines is 1. The molecule has 1 aliphatic rings. The number of amides is 1. The van der Waals surface area contributed by atoms with Crippen molar-refractivity contribution >= 4 is 17.4 Å². The highest BCUT2D eigenvalue weighted by Crippen LogP contribution is 2.29. The van der Waals surface area contributed by atoms with Crippen LogP contribution in [0.3, 0.4) is 0 Å². The van der Waals surface area contributed by atoms with Crippen molar-refractivity contribution in [3.05, 3.63) is 83.9 Å². The molecule has 1 aromatic carbocycles. The van der Waals surface area contributed by atoms with Crippen LogP contribution in [0.5, 0.6) is 0 Å². The van der Waals surface area contributed by atoms with E-state index in [9.17, 15) is 18.0 Å². The highest BCUT2D eigenvalue weighted by molar-refractivity contribution is 5.80. The summed E-state index contributed by atoms with van der Waals surface area (Å²) < 4.78 is 40.3. The number of halogens is 3. The molecule has 1 amide bonds. The number of alkyl halides is 3. The van der Waals surface area contributed by atoms with Gasteiger partial charge in [0.25, 0.3) is 5.82 Å². The van der Waals surface area contributed by atoms with E-state index in [2.05, 4.69) is 25.6 Å². The van der Waals surface area contributed by atoms with Gasteiger partial charge in [0.05, 0.1) is 11.7 Å². The first-order valence-corrected chi connectivity index (χ1v) is 11.2. The first-order chi connectivity index (χ1) is 16.9. The largest absolute Gasteiger partial charge is 0.453 e. The number of hydrogen-bond donors (Lipinski definition) is 1. The molecule has 3 aromatic heterocycles. The van der Waals surface area contributed by atoms with Crippen LogP contribution in [0.4, 0.5) is 19.0 Å². The first-order valence-electron chi connectivity index (χ1n) is 11.2. The van der Waals surface area contributed by atoms with Gasteiger partial charge in [0.2, 0.25) is 5.91 Å². The Bertz CT molecular complexity index is 1260. The molecule has 8 nitrogen and oxygen atoms in total. The summed E-state index contributed by atoms with van der Waals surface area (Å²) in [6, 6.07) is 17.9. The van der Waals surface area contributed by atoms with Crippen molar-refractivity contribution in [1.29, 1.82) is 0 Å². The molecule has 180 valence electrons. The van der Waals surface area contributed by atoms with Crippen molar-refractivity contribution in [3.8, 4) is 0 Å². The molecular formula is C24H22F3N7O. The Morgan fingerprint density at radius 3 is 2.40 bits per heavy atom. The Balaban J connectivity index is 1.28. The second-order valence-electron chi connectivity index (χ2n) is 8.35. The van der Waals surface area contributed by atoms with Crippen LogP contribution in [0.1, 0.15) is 36.0 Å². The van der Waals surface area contributed by atoms with Crippen molar-refractivity contribution in [2.24, 2.45) is 5.92 Å². The Labute approximate surface area is 198 Å². The van der Waals surface area contributed by atoms with Crippen LogP contribution in [0.15, 0.2) is 66.9 Å². The number of carbonyl (C=O) groups is 1. The van der Waals surface area contributed by atoms with Crippen molar-refractivity contribution in [1.82, 2.24) is 30.1 Å². The van der Waals surface area contributed by atoms with Gasteiger partial charge in [0.1, 0.15) is 5.82 Å². The zero-order chi connectivity index (χ0) is 24.4. The number of carbonyl (C=O) groups excluding carboxylic acids is 1. The summed E-state index contributed by atoms with van der Waals surface area (Å²) in [4.78, 5) is 19.5. The molecule has 1 atom stereocenters. The molecule has 0 saturated carbocycles. The molecule has 35 heavy (non-hydrogen) atoms. The van der Waals surface area contributed by atoms with E-state index >= 15 is 0 Å². The molecule has 1 aliphatic heterocycles. The zero-order valence-electron chi connectivity index (χ0n) is 18.6. The molecule has 1 unspecified atom stereocenters. The van der Waals surface area contributed by atoms with E-state index < -0.39 is 12.0 Å². The normalized spacial score (nSPS) is 15.8. The molecule has 0 aliphatic carbocycles. The Morgan fingerprint density at radius 1 is 0.971 bits per heavy atom. The highest BCUT2D eigenvalue weighted by atomic mass is 19.4. The standard InChI is InChI=1S/C24H22F3N7O/c25-24(26,27)23-31-30-19-9-10-20(32-34(19)23)33-14-11-17(12-15-33)22(35)29-21(16-6-2-1-3-7-16)18-8-4-5-13-28-18/h1-10,13,17,21H,11-12,14-15H2,(H,29,35). The third kappa shape index (κ3) is 4.79. The van der Waals surface area contributed by atoms with Gasteiger partial charge in [-0.15, -0.1) is 15.3 Å². The third-order valence-electron chi connectivity index (χ3n) is 6.10. The lowest BCUT2D eigenvalue weighted by Gasteiger charge is -2.32. The summed E-state index contributed by atoms with van der Waals surface area (Å²) in [6.45, 7) is 0.972. The summed E-state index contributed by atoms with van der Waals surface area (Å²) >= 11 is 0. The summed E-state index contributed by atoms with van der Waals surface area (Å²) in [5.74, 6) is -1.08. The highest BCUT2D eigenvalue weighted by Gasteiger charge is 2.38. The Kier molecular flexibility index (Phi) is 6.06. The topological polar surface area (TPSA) is 88.3 Å². The fourth-order valence-electron chi connectivity index (χ4n) is 4.28. The van der Waals surface area contributed by atoms with Gasteiger partial charge in [-0.2, -0.15) is 17.7 Å². The number of aromatic nitrogens is 5. The predicted molar refractivity (Wildman–Crippen MR) is 121 cm³/mol. The van der Waals surface area contributed by atoms with Gasteiger partial charge in [0, 0.05) is 25.2 Å². The Morgan fingerprint density at radius 2 is 1.71 bits per heavy atom. The zero-order valence-corrected chi connectivity index (χ0v) is 18.6. The third-order valence-corrected chi connectivity index (χ3v) is 6.10. The molecule has 5 rings (SSSR count).